The summed E-state index contributed by atoms with van der Waals surface area (Å²) in [5.74, 6) is -1.33. The number of ketones is 1. The first kappa shape index (κ1) is 27.1. The van der Waals surface area contributed by atoms with Crippen molar-refractivity contribution < 1.29 is 19.8 Å². The number of rotatable bonds is 19. The van der Waals surface area contributed by atoms with Crippen LogP contribution in [0.2, 0.25) is 0 Å². The number of allylic oxidation sites excluding steroid dienone is 2. The monoisotopic (exact) mass is 415 g/mol. The highest BCUT2D eigenvalue weighted by Gasteiger charge is 2.22. The van der Waals surface area contributed by atoms with Gasteiger partial charge in [0.2, 0.25) is 0 Å². The fourth-order valence-corrected chi connectivity index (χ4v) is 3.37. The minimum absolute atomic E-state index is 0.0665. The van der Waals surface area contributed by atoms with Crippen LogP contribution in [0.25, 0.3) is 0 Å². The molecule has 3 atom stereocenters. The van der Waals surface area contributed by atoms with E-state index in [-0.39, 0.29) is 18.1 Å². The van der Waals surface area contributed by atoms with Crippen LogP contribution in [0.3, 0.4) is 0 Å². The molecular weight excluding hydrogens is 374 g/mol. The molecule has 0 spiro atoms. The Bertz CT molecular complexity index is 442. The van der Waals surface area contributed by atoms with E-state index in [1.807, 2.05) is 12.2 Å². The summed E-state index contributed by atoms with van der Waals surface area (Å²) in [7, 11) is 0. The molecule has 0 saturated heterocycles. The molecule has 164 valence electrons. The molecule has 0 rings (SSSR count). The van der Waals surface area contributed by atoms with Crippen molar-refractivity contribution in [3.8, 4) is 0 Å². The minimum atomic E-state index is -1.37. The fourth-order valence-electron chi connectivity index (χ4n) is 3.19. The van der Waals surface area contributed by atoms with Crippen molar-refractivity contribution in [1.82, 2.24) is 0 Å². The van der Waals surface area contributed by atoms with Crippen LogP contribution in [-0.2, 0) is 9.59 Å². The zero-order valence-electron chi connectivity index (χ0n) is 17.5. The molecule has 0 aromatic carbocycles. The van der Waals surface area contributed by atoms with Crippen molar-refractivity contribution in [3.05, 3.63) is 12.2 Å². The molecule has 0 amide bonds. The molecule has 0 aromatic rings. The van der Waals surface area contributed by atoms with Crippen LogP contribution < -0.4 is 5.73 Å². The third-order valence-electron chi connectivity index (χ3n) is 5.05. The van der Waals surface area contributed by atoms with Crippen LogP contribution in [0.15, 0.2) is 12.2 Å². The number of hydrogen-bond acceptors (Lipinski definition) is 5. The number of nitrogens with two attached hydrogens (primary N) is 1. The highest BCUT2D eigenvalue weighted by molar-refractivity contribution is 7.80. The van der Waals surface area contributed by atoms with E-state index in [4.69, 9.17) is 10.8 Å². The van der Waals surface area contributed by atoms with Crippen molar-refractivity contribution in [2.24, 2.45) is 11.7 Å². The molecule has 5 nitrogen and oxygen atoms in total. The topological polar surface area (TPSA) is 101 Å². The van der Waals surface area contributed by atoms with E-state index in [2.05, 4.69) is 19.6 Å². The molecule has 0 unspecified atom stereocenters. The maximum Gasteiger partial charge on any atom is 0.332 e. The second-order valence-corrected chi connectivity index (χ2v) is 7.99. The number of aliphatic hydroxyl groups excluding tert-OH is 1. The SMILES string of the molecule is CCCCCCCCCCC/C=C\[C@H](CCC[C@H](O)C(=O)O)C(=O)[C@@H](N)CS. The fraction of sp³-hybridized carbons (Fsp3) is 0.818. The molecule has 0 aliphatic heterocycles. The van der Waals surface area contributed by atoms with E-state index in [0.29, 0.717) is 18.6 Å². The first-order valence-electron chi connectivity index (χ1n) is 10.9. The smallest absolute Gasteiger partial charge is 0.332 e. The number of carboxylic acids is 1. The van der Waals surface area contributed by atoms with Gasteiger partial charge in [0, 0.05) is 11.7 Å². The molecule has 4 N–H and O–H groups in total. The van der Waals surface area contributed by atoms with Gasteiger partial charge in [-0.2, -0.15) is 12.6 Å². The van der Waals surface area contributed by atoms with Gasteiger partial charge in [-0.25, -0.2) is 4.79 Å². The second-order valence-electron chi connectivity index (χ2n) is 7.63. The largest absolute Gasteiger partial charge is 0.479 e. The zero-order valence-corrected chi connectivity index (χ0v) is 18.4. The quantitative estimate of drug-likeness (QED) is 0.141. The number of Topliss-reactive ketones (excluding diaryl/α,β-unsaturated/α-hetero) is 1. The van der Waals surface area contributed by atoms with E-state index in [1.165, 1.54) is 51.4 Å². The van der Waals surface area contributed by atoms with Gasteiger partial charge >= 0.3 is 5.97 Å². The van der Waals surface area contributed by atoms with Crippen molar-refractivity contribution in [2.75, 3.05) is 5.75 Å². The molecular formula is C22H41NO4S. The van der Waals surface area contributed by atoms with Crippen LogP contribution in [0.5, 0.6) is 0 Å². The molecule has 0 aliphatic carbocycles. The molecule has 0 radical (unpaired) electrons. The number of thiol groups is 1. The molecule has 0 aliphatic rings. The number of carboxylic acid groups (broad SMARTS) is 1. The zero-order chi connectivity index (χ0) is 21.2. The Morgan fingerprint density at radius 3 is 2.07 bits per heavy atom. The first-order valence-corrected chi connectivity index (χ1v) is 11.5. The molecule has 6 heteroatoms. The highest BCUT2D eigenvalue weighted by atomic mass is 32.1. The number of carbonyl (C=O) groups is 2. The van der Waals surface area contributed by atoms with Gasteiger partial charge in [-0.1, -0.05) is 70.4 Å². The lowest BCUT2D eigenvalue weighted by Gasteiger charge is -2.16. The Kier molecular flexibility index (Phi) is 17.6. The lowest BCUT2D eigenvalue weighted by atomic mass is 9.92. The van der Waals surface area contributed by atoms with Crippen molar-refractivity contribution in [2.45, 2.75) is 103 Å². The van der Waals surface area contributed by atoms with E-state index in [0.717, 1.165) is 12.8 Å². The lowest BCUT2D eigenvalue weighted by Crippen LogP contribution is -2.36. The van der Waals surface area contributed by atoms with Crippen molar-refractivity contribution in [3.63, 3.8) is 0 Å². The van der Waals surface area contributed by atoms with Crippen LogP contribution in [0.1, 0.15) is 90.4 Å². The third kappa shape index (κ3) is 14.2. The molecule has 0 heterocycles. The van der Waals surface area contributed by atoms with Gasteiger partial charge in [-0.05, 0) is 32.1 Å². The molecule has 0 fully saturated rings. The third-order valence-corrected chi connectivity index (χ3v) is 5.44. The summed E-state index contributed by atoms with van der Waals surface area (Å²) in [4.78, 5) is 23.1. The minimum Gasteiger partial charge on any atom is -0.479 e. The maximum atomic E-state index is 12.4. The summed E-state index contributed by atoms with van der Waals surface area (Å²) >= 11 is 4.10. The van der Waals surface area contributed by atoms with Gasteiger partial charge in [0.05, 0.1) is 6.04 Å². The van der Waals surface area contributed by atoms with Crippen LogP contribution in [-0.4, -0.2) is 39.9 Å². The first-order chi connectivity index (χ1) is 13.4. The average Bonchev–Trinajstić information content (AvgIpc) is 2.69. The molecule has 0 saturated carbocycles. The van der Waals surface area contributed by atoms with Crippen LogP contribution >= 0.6 is 12.6 Å². The van der Waals surface area contributed by atoms with Gasteiger partial charge in [0.15, 0.2) is 11.9 Å². The van der Waals surface area contributed by atoms with Gasteiger partial charge in [-0.15, -0.1) is 0 Å². The molecule has 28 heavy (non-hydrogen) atoms. The Labute approximate surface area is 176 Å². The van der Waals surface area contributed by atoms with Crippen molar-refractivity contribution >= 4 is 24.4 Å². The predicted octanol–water partition coefficient (Wildman–Crippen LogP) is 4.52. The average molecular weight is 416 g/mol. The normalized spacial score (nSPS) is 14.9. The number of carbonyl (C=O) groups excluding carboxylic acids is 1. The Balaban J connectivity index is 4.14. The summed E-state index contributed by atoms with van der Waals surface area (Å²) in [6, 6.07) is -0.616. The summed E-state index contributed by atoms with van der Waals surface area (Å²) < 4.78 is 0. The number of aliphatic hydroxyl groups is 1. The summed E-state index contributed by atoms with van der Waals surface area (Å²) in [6.45, 7) is 2.23. The van der Waals surface area contributed by atoms with Crippen LogP contribution in [0, 0.1) is 5.92 Å². The Morgan fingerprint density at radius 1 is 0.964 bits per heavy atom. The lowest BCUT2D eigenvalue weighted by molar-refractivity contribution is -0.146. The van der Waals surface area contributed by atoms with E-state index in [9.17, 15) is 14.7 Å². The van der Waals surface area contributed by atoms with E-state index < -0.39 is 18.1 Å². The van der Waals surface area contributed by atoms with Gasteiger partial charge in [0.25, 0.3) is 0 Å². The maximum absolute atomic E-state index is 12.4. The van der Waals surface area contributed by atoms with Crippen LogP contribution in [0.4, 0.5) is 0 Å². The highest BCUT2D eigenvalue weighted by Crippen LogP contribution is 2.16. The van der Waals surface area contributed by atoms with Gasteiger partial charge in [0.1, 0.15) is 0 Å². The standard InChI is InChI=1S/C22H41NO4S/c1-2-3-4-5-6-7-8-9-10-11-12-14-18(21(25)19(23)17-28)15-13-16-20(24)22(26)27/h12,14,18-20,24,28H,2-11,13,15-17,23H2,1H3,(H,26,27)/b14-12-/t18-,19+,20+/m1/s1. The van der Waals surface area contributed by atoms with E-state index >= 15 is 0 Å². The predicted molar refractivity (Wildman–Crippen MR) is 119 cm³/mol. The number of aliphatic carboxylic acids is 1. The summed E-state index contributed by atoms with van der Waals surface area (Å²) in [6.07, 6.45) is 16.2. The second kappa shape index (κ2) is 18.2. The van der Waals surface area contributed by atoms with Gasteiger partial charge in [-0.3, -0.25) is 4.79 Å². The van der Waals surface area contributed by atoms with Crippen molar-refractivity contribution in [1.29, 1.82) is 0 Å². The van der Waals surface area contributed by atoms with Gasteiger partial charge < -0.3 is 15.9 Å². The molecule has 0 bridgehead atoms. The molecule has 0 aromatic heterocycles. The summed E-state index contributed by atoms with van der Waals surface area (Å²) in [5, 5.41) is 18.1. The van der Waals surface area contributed by atoms with E-state index in [1.54, 1.807) is 0 Å². The summed E-state index contributed by atoms with van der Waals surface area (Å²) in [5.41, 5.74) is 5.82. The number of unbranched alkanes of at least 4 members (excludes halogenated alkanes) is 9. The Morgan fingerprint density at radius 2 is 1.54 bits per heavy atom. The Hall–Kier alpha value is -0.850. The number of hydrogen-bond donors (Lipinski definition) is 4.